The predicted molar refractivity (Wildman–Crippen MR) is 29.4 cm³/mol. The fourth-order valence-corrected chi connectivity index (χ4v) is 0.359. The van der Waals surface area contributed by atoms with Crippen LogP contribution in [-0.4, -0.2) is 17.6 Å². The van der Waals surface area contributed by atoms with Crippen LogP contribution < -0.4 is 5.73 Å². The second-order valence-electron chi connectivity index (χ2n) is 1.72. The largest absolute Gasteiger partial charge is 0.381 e. The zero-order valence-electron chi connectivity index (χ0n) is 5.36. The second-order valence-corrected chi connectivity index (χ2v) is 1.72. The standard InChI is InChI=1S/C5H7F2NO2/c1-2-3(9)5(6,7)4(8)10/h2H2,1H3,(H2,8,10). The number of rotatable bonds is 3. The number of amides is 1. The Bertz CT molecular complexity index is 167. The summed E-state index contributed by atoms with van der Waals surface area (Å²) >= 11 is 0. The van der Waals surface area contributed by atoms with Crippen LogP contribution in [-0.2, 0) is 9.59 Å². The Labute approximate surface area is 56.2 Å². The lowest BCUT2D eigenvalue weighted by atomic mass is 10.1. The third kappa shape index (κ3) is 1.49. The van der Waals surface area contributed by atoms with Gasteiger partial charge in [-0.2, -0.15) is 8.78 Å². The van der Waals surface area contributed by atoms with Crippen molar-refractivity contribution < 1.29 is 18.4 Å². The molecule has 0 aliphatic heterocycles. The molecule has 0 aromatic rings. The fourth-order valence-electron chi connectivity index (χ4n) is 0.359. The van der Waals surface area contributed by atoms with Crippen LogP contribution in [0.15, 0.2) is 0 Å². The van der Waals surface area contributed by atoms with E-state index in [0.717, 1.165) is 0 Å². The molecule has 2 N–H and O–H groups in total. The summed E-state index contributed by atoms with van der Waals surface area (Å²) in [4.78, 5) is 20.1. The minimum atomic E-state index is -3.99. The van der Waals surface area contributed by atoms with Crippen LogP contribution in [0, 0.1) is 0 Å². The third-order valence-electron chi connectivity index (χ3n) is 0.981. The van der Waals surface area contributed by atoms with Crippen LogP contribution in [0.4, 0.5) is 8.78 Å². The summed E-state index contributed by atoms with van der Waals surface area (Å²) in [6.07, 6.45) is -0.393. The molecule has 0 saturated heterocycles. The van der Waals surface area contributed by atoms with E-state index in [0.29, 0.717) is 0 Å². The van der Waals surface area contributed by atoms with Gasteiger partial charge >= 0.3 is 5.92 Å². The number of halogens is 2. The molecule has 0 spiro atoms. The molecule has 58 valence electrons. The number of carbonyl (C=O) groups is 2. The summed E-state index contributed by atoms with van der Waals surface area (Å²) < 4.78 is 24.2. The molecule has 0 aromatic carbocycles. The highest BCUT2D eigenvalue weighted by atomic mass is 19.3. The van der Waals surface area contributed by atoms with E-state index in [9.17, 15) is 18.4 Å². The van der Waals surface area contributed by atoms with Crippen molar-refractivity contribution in [2.45, 2.75) is 19.3 Å². The Morgan fingerprint density at radius 2 is 1.90 bits per heavy atom. The van der Waals surface area contributed by atoms with E-state index >= 15 is 0 Å². The normalized spacial score (nSPS) is 11.1. The molecule has 5 heteroatoms. The molecule has 0 aliphatic carbocycles. The first-order valence-corrected chi connectivity index (χ1v) is 2.64. The number of Topliss-reactive ketones (excluding diaryl/α,β-unsaturated/α-hetero) is 1. The van der Waals surface area contributed by atoms with Gasteiger partial charge in [-0.15, -0.1) is 0 Å². The van der Waals surface area contributed by atoms with Crippen LogP contribution in [0.3, 0.4) is 0 Å². The quantitative estimate of drug-likeness (QED) is 0.581. The van der Waals surface area contributed by atoms with Crippen molar-refractivity contribution in [1.29, 1.82) is 0 Å². The monoisotopic (exact) mass is 151 g/mol. The lowest BCUT2D eigenvalue weighted by Gasteiger charge is -2.07. The molecule has 0 radical (unpaired) electrons. The van der Waals surface area contributed by atoms with Crippen LogP contribution in [0.25, 0.3) is 0 Å². The highest BCUT2D eigenvalue weighted by Gasteiger charge is 2.43. The Kier molecular flexibility index (Phi) is 2.45. The molecule has 10 heavy (non-hydrogen) atoms. The summed E-state index contributed by atoms with van der Waals surface area (Å²) in [5.41, 5.74) is 4.24. The van der Waals surface area contributed by atoms with Crippen molar-refractivity contribution in [1.82, 2.24) is 0 Å². The van der Waals surface area contributed by atoms with Gasteiger partial charge in [0.05, 0.1) is 0 Å². The van der Waals surface area contributed by atoms with E-state index in [2.05, 4.69) is 5.73 Å². The third-order valence-corrected chi connectivity index (χ3v) is 0.981. The van der Waals surface area contributed by atoms with E-state index in [1.165, 1.54) is 6.92 Å². The van der Waals surface area contributed by atoms with Gasteiger partial charge in [0.1, 0.15) is 0 Å². The van der Waals surface area contributed by atoms with E-state index in [4.69, 9.17) is 0 Å². The Hall–Kier alpha value is -1.00. The van der Waals surface area contributed by atoms with Gasteiger partial charge in [-0.25, -0.2) is 0 Å². The maximum atomic E-state index is 12.1. The van der Waals surface area contributed by atoms with Crippen LogP contribution >= 0.6 is 0 Å². The topological polar surface area (TPSA) is 60.2 Å². The molecule has 1 amide bonds. The first kappa shape index (κ1) is 9.00. The summed E-state index contributed by atoms with van der Waals surface area (Å²) in [6, 6.07) is 0. The lowest BCUT2D eigenvalue weighted by Crippen LogP contribution is -2.42. The summed E-state index contributed by atoms with van der Waals surface area (Å²) in [5.74, 6) is -7.33. The van der Waals surface area contributed by atoms with Gasteiger partial charge in [0, 0.05) is 6.42 Å². The van der Waals surface area contributed by atoms with Crippen LogP contribution in [0.2, 0.25) is 0 Å². The van der Waals surface area contributed by atoms with Crippen molar-refractivity contribution in [3.8, 4) is 0 Å². The molecular formula is C5H7F2NO2. The number of alkyl halides is 2. The Morgan fingerprint density at radius 1 is 1.50 bits per heavy atom. The van der Waals surface area contributed by atoms with Crippen molar-refractivity contribution >= 4 is 11.7 Å². The number of hydrogen-bond donors (Lipinski definition) is 1. The average Bonchev–Trinajstić information content (AvgIpc) is 1.86. The number of primary amides is 1. The van der Waals surface area contributed by atoms with Gasteiger partial charge in [-0.3, -0.25) is 9.59 Å². The maximum absolute atomic E-state index is 12.1. The van der Waals surface area contributed by atoms with Crippen molar-refractivity contribution in [3.05, 3.63) is 0 Å². The number of hydrogen-bond acceptors (Lipinski definition) is 2. The lowest BCUT2D eigenvalue weighted by molar-refractivity contribution is -0.155. The number of nitrogens with two attached hydrogens (primary N) is 1. The average molecular weight is 151 g/mol. The highest BCUT2D eigenvalue weighted by molar-refractivity contribution is 6.06. The molecule has 3 nitrogen and oxygen atoms in total. The van der Waals surface area contributed by atoms with Gasteiger partial charge in [0.15, 0.2) is 0 Å². The van der Waals surface area contributed by atoms with Gasteiger partial charge in [0.2, 0.25) is 5.78 Å². The first-order valence-electron chi connectivity index (χ1n) is 2.64. The molecular weight excluding hydrogens is 144 g/mol. The summed E-state index contributed by atoms with van der Waals surface area (Å²) in [6.45, 7) is 1.24. The van der Waals surface area contributed by atoms with E-state index in [1.54, 1.807) is 0 Å². The van der Waals surface area contributed by atoms with Crippen LogP contribution in [0.1, 0.15) is 13.3 Å². The molecule has 0 aliphatic rings. The molecule has 0 atom stereocenters. The zero-order chi connectivity index (χ0) is 8.36. The van der Waals surface area contributed by atoms with Gasteiger partial charge < -0.3 is 5.73 Å². The zero-order valence-corrected chi connectivity index (χ0v) is 5.36. The minimum Gasteiger partial charge on any atom is -0.364 e. The maximum Gasteiger partial charge on any atom is 0.381 e. The van der Waals surface area contributed by atoms with E-state index < -0.39 is 24.0 Å². The Morgan fingerprint density at radius 3 is 2.00 bits per heavy atom. The molecule has 0 heterocycles. The molecule has 0 aromatic heterocycles. The molecule has 0 saturated carbocycles. The van der Waals surface area contributed by atoms with E-state index in [-0.39, 0.29) is 0 Å². The van der Waals surface area contributed by atoms with E-state index in [1.807, 2.05) is 0 Å². The fraction of sp³-hybridized carbons (Fsp3) is 0.600. The molecule has 0 fully saturated rings. The van der Waals surface area contributed by atoms with Crippen LogP contribution in [0.5, 0.6) is 0 Å². The molecule has 0 rings (SSSR count). The minimum absolute atomic E-state index is 0.393. The molecule has 0 bridgehead atoms. The first-order chi connectivity index (χ1) is 4.42. The number of ketones is 1. The van der Waals surface area contributed by atoms with Gasteiger partial charge in [-0.1, -0.05) is 6.92 Å². The second kappa shape index (κ2) is 2.72. The van der Waals surface area contributed by atoms with Gasteiger partial charge in [0.25, 0.3) is 5.91 Å². The summed E-state index contributed by atoms with van der Waals surface area (Å²) in [5, 5.41) is 0. The predicted octanol–water partition coefficient (Wildman–Crippen LogP) is 0.0861. The van der Waals surface area contributed by atoms with Crippen molar-refractivity contribution in [2.24, 2.45) is 5.73 Å². The SMILES string of the molecule is CCC(=O)C(F)(F)C(N)=O. The molecule has 0 unspecified atom stereocenters. The van der Waals surface area contributed by atoms with Crippen molar-refractivity contribution in [3.63, 3.8) is 0 Å². The van der Waals surface area contributed by atoms with Crippen molar-refractivity contribution in [2.75, 3.05) is 0 Å². The highest BCUT2D eigenvalue weighted by Crippen LogP contribution is 2.14. The number of carbonyl (C=O) groups excluding carboxylic acids is 2. The smallest absolute Gasteiger partial charge is 0.364 e. The Balaban J connectivity index is 4.40. The summed E-state index contributed by atoms with van der Waals surface area (Å²) in [7, 11) is 0. The van der Waals surface area contributed by atoms with Gasteiger partial charge in [-0.05, 0) is 0 Å².